The molecule has 0 spiro atoms. The van der Waals surface area contributed by atoms with Crippen LogP contribution in [-0.2, 0) is 14.3 Å². The molecular weight excluding hydrogens is 490 g/mol. The summed E-state index contributed by atoms with van der Waals surface area (Å²) >= 11 is 0. The Morgan fingerprint density at radius 1 is 0.816 bits per heavy atom. The molecule has 1 aliphatic heterocycles. The minimum atomic E-state index is -0.799. The molecule has 0 amide bonds. The second-order valence-corrected chi connectivity index (χ2v) is 9.16. The monoisotopic (exact) mass is 523 g/mol. The lowest BCUT2D eigenvalue weighted by molar-refractivity contribution is -0.143. The summed E-state index contributed by atoms with van der Waals surface area (Å²) in [4.78, 5) is 31.7. The smallest absolute Gasteiger partial charge is 0.315 e. The zero-order valence-electron chi connectivity index (χ0n) is 22.7. The maximum absolute atomic E-state index is 13.9. The Labute approximate surface area is 222 Å². The van der Waals surface area contributed by atoms with Crippen LogP contribution in [-0.4, -0.2) is 60.1 Å². The van der Waals surface area contributed by atoms with Crippen LogP contribution in [0.25, 0.3) is 0 Å². The molecule has 1 aliphatic carbocycles. The topological polar surface area (TPSA) is 102 Å². The number of ketones is 1. The number of nitrogens with zero attached hydrogens (tertiary/aromatic N) is 1. The first-order valence-electron chi connectivity index (χ1n) is 12.2. The van der Waals surface area contributed by atoms with E-state index in [1.165, 1.54) is 28.4 Å². The summed E-state index contributed by atoms with van der Waals surface area (Å²) in [5, 5.41) is 0. The molecule has 0 N–H and O–H groups in total. The number of ether oxygens (including phenoxy) is 6. The fourth-order valence-electron chi connectivity index (χ4n) is 5.54. The Hall–Kier alpha value is -4.01. The number of methoxy groups -OCH3 is 6. The van der Waals surface area contributed by atoms with Gasteiger partial charge in [-0.2, -0.15) is 0 Å². The van der Waals surface area contributed by atoms with Gasteiger partial charge in [-0.15, -0.1) is 0 Å². The molecule has 1 unspecified atom stereocenters. The van der Waals surface area contributed by atoms with Crippen LogP contribution in [0.15, 0.2) is 46.6 Å². The van der Waals surface area contributed by atoms with Crippen molar-refractivity contribution in [2.24, 2.45) is 10.9 Å². The highest BCUT2D eigenvalue weighted by Crippen LogP contribution is 2.52. The third kappa shape index (κ3) is 4.57. The van der Waals surface area contributed by atoms with Crippen molar-refractivity contribution in [2.45, 2.75) is 31.6 Å². The first-order valence-corrected chi connectivity index (χ1v) is 12.2. The third-order valence-electron chi connectivity index (χ3n) is 7.29. The Morgan fingerprint density at radius 3 is 2.08 bits per heavy atom. The van der Waals surface area contributed by atoms with E-state index in [1.54, 1.807) is 33.3 Å². The van der Waals surface area contributed by atoms with Gasteiger partial charge in [0.1, 0.15) is 5.92 Å². The van der Waals surface area contributed by atoms with Gasteiger partial charge in [-0.05, 0) is 43.0 Å². The molecule has 2 aromatic rings. The number of allylic oxidation sites excluding steroid dienone is 2. The fourth-order valence-corrected chi connectivity index (χ4v) is 5.54. The summed E-state index contributed by atoms with van der Waals surface area (Å²) in [5.41, 5.74) is 3.29. The predicted molar refractivity (Wildman–Crippen MR) is 141 cm³/mol. The lowest BCUT2D eigenvalue weighted by atomic mass is 9.69. The van der Waals surface area contributed by atoms with E-state index in [9.17, 15) is 9.59 Å². The number of benzene rings is 2. The van der Waals surface area contributed by atoms with Gasteiger partial charge in [0.05, 0.1) is 42.7 Å². The van der Waals surface area contributed by atoms with Crippen molar-refractivity contribution in [1.29, 1.82) is 0 Å². The molecule has 0 saturated heterocycles. The quantitative estimate of drug-likeness (QED) is 0.467. The number of aliphatic imine (C=N–C) groups is 1. The van der Waals surface area contributed by atoms with E-state index in [-0.39, 0.29) is 18.1 Å². The molecule has 9 heteroatoms. The van der Waals surface area contributed by atoms with E-state index in [0.29, 0.717) is 57.7 Å². The average molecular weight is 524 g/mol. The zero-order chi connectivity index (χ0) is 27.6. The number of esters is 1. The summed E-state index contributed by atoms with van der Waals surface area (Å²) in [6.07, 6.45) is 0.775. The molecule has 0 saturated carbocycles. The van der Waals surface area contributed by atoms with Crippen LogP contribution in [0.4, 0.5) is 0 Å². The Kier molecular flexibility index (Phi) is 7.94. The number of carbonyl (C=O) groups excluding carboxylic acids is 2. The average Bonchev–Trinajstić information content (AvgIpc) is 2.94. The Bertz CT molecular complexity index is 1310. The van der Waals surface area contributed by atoms with Gasteiger partial charge in [-0.1, -0.05) is 12.1 Å². The highest BCUT2D eigenvalue weighted by molar-refractivity contribution is 6.09. The maximum atomic E-state index is 13.9. The molecule has 4 rings (SSSR count). The van der Waals surface area contributed by atoms with Gasteiger partial charge in [-0.3, -0.25) is 14.6 Å². The summed E-state index contributed by atoms with van der Waals surface area (Å²) in [6.45, 7) is 1.79. The largest absolute Gasteiger partial charge is 0.493 e. The second-order valence-electron chi connectivity index (χ2n) is 9.16. The van der Waals surface area contributed by atoms with E-state index in [1.807, 2.05) is 18.2 Å². The maximum Gasteiger partial charge on any atom is 0.315 e. The third-order valence-corrected chi connectivity index (χ3v) is 7.29. The molecule has 38 heavy (non-hydrogen) atoms. The summed E-state index contributed by atoms with van der Waals surface area (Å²) < 4.78 is 32.8. The van der Waals surface area contributed by atoms with Gasteiger partial charge < -0.3 is 28.4 Å². The van der Waals surface area contributed by atoms with Crippen LogP contribution in [0.2, 0.25) is 0 Å². The lowest BCUT2D eigenvalue weighted by Crippen LogP contribution is -2.38. The van der Waals surface area contributed by atoms with Crippen LogP contribution >= 0.6 is 0 Å². The number of rotatable bonds is 8. The standard InChI is InChI=1S/C29H33NO8/c1-15-24(29(32)38-7)25(18-9-11-22(34-3)28(37-6)27(18)36-5)26-19(30-15)12-17(13-20(26)31)16-8-10-21(33-2)23(14-16)35-4/h8-11,14,17,24-25H,12-13H2,1-7H3/t17-,24?,25-/m0/s1. The minimum Gasteiger partial charge on any atom is -0.493 e. The molecule has 1 heterocycles. The highest BCUT2D eigenvalue weighted by Gasteiger charge is 2.46. The molecular formula is C29H33NO8. The van der Waals surface area contributed by atoms with E-state index in [4.69, 9.17) is 33.4 Å². The molecule has 0 fully saturated rings. The van der Waals surface area contributed by atoms with Crippen LogP contribution in [0.5, 0.6) is 28.7 Å². The molecule has 2 aliphatic rings. The highest BCUT2D eigenvalue weighted by atomic mass is 16.5. The first-order chi connectivity index (χ1) is 18.3. The summed E-state index contributed by atoms with van der Waals surface area (Å²) in [5.74, 6) is 0.322. The van der Waals surface area contributed by atoms with Crippen LogP contribution in [0.1, 0.15) is 42.7 Å². The lowest BCUT2D eigenvalue weighted by Gasteiger charge is -2.37. The van der Waals surface area contributed by atoms with Crippen molar-refractivity contribution in [3.8, 4) is 28.7 Å². The molecule has 0 radical (unpaired) electrons. The van der Waals surface area contributed by atoms with E-state index >= 15 is 0 Å². The fraction of sp³-hybridized carbons (Fsp3) is 0.414. The van der Waals surface area contributed by atoms with Crippen molar-refractivity contribution in [2.75, 3.05) is 42.7 Å². The van der Waals surface area contributed by atoms with Gasteiger partial charge >= 0.3 is 5.97 Å². The Morgan fingerprint density at radius 2 is 1.47 bits per heavy atom. The van der Waals surface area contributed by atoms with Crippen molar-refractivity contribution < 1.29 is 38.0 Å². The summed E-state index contributed by atoms with van der Waals surface area (Å²) in [6, 6.07) is 9.22. The first kappa shape index (κ1) is 27.0. The van der Waals surface area contributed by atoms with Gasteiger partial charge in [0.2, 0.25) is 5.75 Å². The number of carbonyl (C=O) groups is 2. The summed E-state index contributed by atoms with van der Waals surface area (Å²) in [7, 11) is 9.06. The molecule has 0 bridgehead atoms. The number of hydrogen-bond acceptors (Lipinski definition) is 9. The second kappa shape index (κ2) is 11.2. The minimum absolute atomic E-state index is 0.0852. The van der Waals surface area contributed by atoms with Gasteiger partial charge in [0, 0.05) is 34.9 Å². The normalized spacial score (nSPS) is 20.8. The predicted octanol–water partition coefficient (Wildman–Crippen LogP) is 4.48. The number of hydrogen-bond donors (Lipinski definition) is 0. The van der Waals surface area contributed by atoms with Crippen LogP contribution < -0.4 is 23.7 Å². The molecule has 9 nitrogen and oxygen atoms in total. The van der Waals surface area contributed by atoms with Crippen molar-refractivity contribution in [3.05, 3.63) is 52.7 Å². The van der Waals surface area contributed by atoms with Gasteiger partial charge in [0.25, 0.3) is 0 Å². The van der Waals surface area contributed by atoms with E-state index in [0.717, 1.165) is 5.56 Å². The van der Waals surface area contributed by atoms with Gasteiger partial charge in [-0.25, -0.2) is 0 Å². The molecule has 202 valence electrons. The SMILES string of the molecule is COC(=O)C1C(C)=NC2=C(C(=O)C[C@@H](c3ccc(OC)c(OC)c3)C2)[C@H]1c1ccc(OC)c(OC)c1OC. The van der Waals surface area contributed by atoms with E-state index in [2.05, 4.69) is 0 Å². The van der Waals surface area contributed by atoms with Crippen molar-refractivity contribution >= 4 is 17.5 Å². The van der Waals surface area contributed by atoms with Gasteiger partial charge in [0.15, 0.2) is 28.8 Å². The number of Topliss-reactive ketones (excluding diaryl/α,β-unsaturated/α-hetero) is 1. The van der Waals surface area contributed by atoms with E-state index < -0.39 is 17.8 Å². The van der Waals surface area contributed by atoms with Crippen molar-refractivity contribution in [1.82, 2.24) is 0 Å². The van der Waals surface area contributed by atoms with Crippen LogP contribution in [0.3, 0.4) is 0 Å². The zero-order valence-corrected chi connectivity index (χ0v) is 22.7. The molecule has 0 aromatic heterocycles. The van der Waals surface area contributed by atoms with Crippen molar-refractivity contribution in [3.63, 3.8) is 0 Å². The molecule has 2 aromatic carbocycles. The molecule has 3 atom stereocenters. The van der Waals surface area contributed by atoms with Crippen LogP contribution in [0, 0.1) is 5.92 Å². The Balaban J connectivity index is 1.87.